The van der Waals surface area contributed by atoms with Gasteiger partial charge in [0.2, 0.25) is 0 Å². The number of rotatable bonds is 5. The lowest BCUT2D eigenvalue weighted by Gasteiger charge is -2.07. The Morgan fingerprint density at radius 1 is 1.42 bits per heavy atom. The van der Waals surface area contributed by atoms with Crippen molar-refractivity contribution in [1.29, 1.82) is 5.26 Å². The number of nitrogens with two attached hydrogens (primary N) is 1. The van der Waals surface area contributed by atoms with Crippen LogP contribution in [-0.2, 0) is 20.3 Å². The van der Waals surface area contributed by atoms with Gasteiger partial charge in [-0.15, -0.1) is 11.3 Å². The lowest BCUT2D eigenvalue weighted by molar-refractivity contribution is 0.0531. The van der Waals surface area contributed by atoms with Crippen molar-refractivity contribution >= 4 is 32.1 Å². The molecule has 1 heterocycles. The molecule has 0 fully saturated rings. The number of esters is 1. The van der Waals surface area contributed by atoms with Gasteiger partial charge < -0.3 is 10.5 Å². The molecule has 8 heteroatoms. The van der Waals surface area contributed by atoms with Crippen molar-refractivity contribution < 1.29 is 17.9 Å². The summed E-state index contributed by atoms with van der Waals surface area (Å²) in [7, 11) is -3.73. The Morgan fingerprint density at radius 3 is 2.71 bits per heavy atom. The van der Waals surface area contributed by atoms with E-state index in [0.717, 1.165) is 16.9 Å². The summed E-state index contributed by atoms with van der Waals surface area (Å²) >= 11 is 0.869. The predicted octanol–water partition coefficient (Wildman–Crippen LogP) is 2.66. The van der Waals surface area contributed by atoms with E-state index in [9.17, 15) is 18.5 Å². The first-order valence-electron chi connectivity index (χ1n) is 7.08. The molecule has 0 amide bonds. The van der Waals surface area contributed by atoms with Gasteiger partial charge in [-0.2, -0.15) is 5.26 Å². The van der Waals surface area contributed by atoms with E-state index in [1.54, 1.807) is 32.0 Å². The molecule has 2 aromatic rings. The second-order valence-electron chi connectivity index (χ2n) is 5.06. The van der Waals surface area contributed by atoms with E-state index in [1.165, 1.54) is 6.07 Å². The average Bonchev–Trinajstić information content (AvgIpc) is 2.82. The molecule has 0 aliphatic heterocycles. The van der Waals surface area contributed by atoms with Gasteiger partial charge in [0.25, 0.3) is 0 Å². The summed E-state index contributed by atoms with van der Waals surface area (Å²) in [5.74, 6) is -1.16. The number of sulfone groups is 1. The molecule has 6 nitrogen and oxygen atoms in total. The molecular formula is C16H16N2O4S2. The molecule has 0 unspecified atom stereocenters. The molecule has 0 bridgehead atoms. The minimum Gasteiger partial charge on any atom is -0.462 e. The number of aryl methyl sites for hydroxylation is 1. The van der Waals surface area contributed by atoms with Crippen LogP contribution in [-0.4, -0.2) is 21.0 Å². The van der Waals surface area contributed by atoms with Crippen LogP contribution in [0.5, 0.6) is 0 Å². The summed E-state index contributed by atoms with van der Waals surface area (Å²) in [6.07, 6.45) is 0. The molecule has 0 saturated heterocycles. The van der Waals surface area contributed by atoms with Crippen LogP contribution in [0.1, 0.15) is 33.3 Å². The van der Waals surface area contributed by atoms with Gasteiger partial charge in [-0.25, -0.2) is 13.2 Å². The van der Waals surface area contributed by atoms with Crippen LogP contribution in [0.2, 0.25) is 0 Å². The largest absolute Gasteiger partial charge is 0.462 e. The Labute approximate surface area is 144 Å². The van der Waals surface area contributed by atoms with Crippen molar-refractivity contribution in [3.8, 4) is 6.07 Å². The van der Waals surface area contributed by atoms with Crippen molar-refractivity contribution in [1.82, 2.24) is 0 Å². The Morgan fingerprint density at radius 2 is 2.12 bits per heavy atom. The molecule has 0 aliphatic carbocycles. The van der Waals surface area contributed by atoms with Gasteiger partial charge in [-0.3, -0.25) is 0 Å². The molecule has 0 atom stereocenters. The van der Waals surface area contributed by atoms with Crippen molar-refractivity contribution in [2.75, 3.05) is 12.3 Å². The second-order valence-corrected chi connectivity index (χ2v) is 8.10. The normalized spacial score (nSPS) is 11.0. The summed E-state index contributed by atoms with van der Waals surface area (Å²) in [4.78, 5) is 12.2. The minimum atomic E-state index is -3.73. The highest BCUT2D eigenvalue weighted by Crippen LogP contribution is 2.33. The van der Waals surface area contributed by atoms with E-state index < -0.39 is 21.6 Å². The fourth-order valence-corrected chi connectivity index (χ4v) is 4.70. The fourth-order valence-electron chi connectivity index (χ4n) is 2.19. The smallest absolute Gasteiger partial charge is 0.348 e. The molecule has 0 saturated carbocycles. The SMILES string of the molecule is CCOC(=O)c1sc(N)c(C#N)c1CS(=O)(=O)c1cccc(C)c1. The summed E-state index contributed by atoms with van der Waals surface area (Å²) in [5, 5.41) is 9.37. The zero-order chi connectivity index (χ0) is 17.9. The van der Waals surface area contributed by atoms with Crippen molar-refractivity contribution in [2.45, 2.75) is 24.5 Å². The Bertz CT molecular complexity index is 924. The molecule has 24 heavy (non-hydrogen) atoms. The van der Waals surface area contributed by atoms with Crippen molar-refractivity contribution in [2.24, 2.45) is 0 Å². The maximum atomic E-state index is 12.7. The standard InChI is InChI=1S/C16H16N2O4S2/c1-3-22-16(19)14-13(12(8-17)15(18)23-14)9-24(20,21)11-6-4-5-10(2)7-11/h4-7H,3,9,18H2,1-2H3. The highest BCUT2D eigenvalue weighted by atomic mass is 32.2. The highest BCUT2D eigenvalue weighted by molar-refractivity contribution is 7.90. The molecular weight excluding hydrogens is 348 g/mol. The van der Waals surface area contributed by atoms with Crippen LogP contribution in [0.15, 0.2) is 29.2 Å². The zero-order valence-corrected chi connectivity index (χ0v) is 14.8. The zero-order valence-electron chi connectivity index (χ0n) is 13.2. The van der Waals surface area contributed by atoms with E-state index in [4.69, 9.17) is 10.5 Å². The van der Waals surface area contributed by atoms with Crippen LogP contribution < -0.4 is 5.73 Å². The number of nitrogen functional groups attached to an aromatic ring is 1. The molecule has 126 valence electrons. The first kappa shape index (κ1) is 18.0. The van der Waals surface area contributed by atoms with Crippen LogP contribution in [0.25, 0.3) is 0 Å². The number of anilines is 1. The van der Waals surface area contributed by atoms with Gasteiger partial charge in [-0.1, -0.05) is 12.1 Å². The molecule has 0 spiro atoms. The van der Waals surface area contributed by atoms with Gasteiger partial charge >= 0.3 is 5.97 Å². The minimum absolute atomic E-state index is 0.0132. The highest BCUT2D eigenvalue weighted by Gasteiger charge is 2.27. The van der Waals surface area contributed by atoms with Gasteiger partial charge in [0.05, 0.1) is 22.8 Å². The van der Waals surface area contributed by atoms with E-state index in [2.05, 4.69) is 0 Å². The van der Waals surface area contributed by atoms with Crippen LogP contribution >= 0.6 is 11.3 Å². The molecule has 0 radical (unpaired) electrons. The number of hydrogen-bond acceptors (Lipinski definition) is 7. The van der Waals surface area contributed by atoms with E-state index in [-0.39, 0.29) is 32.5 Å². The van der Waals surface area contributed by atoms with E-state index in [1.807, 2.05) is 6.07 Å². The third kappa shape index (κ3) is 3.58. The number of hydrogen-bond donors (Lipinski definition) is 1. The van der Waals surface area contributed by atoms with Crippen LogP contribution in [0.3, 0.4) is 0 Å². The lowest BCUT2D eigenvalue weighted by Crippen LogP contribution is -2.11. The van der Waals surface area contributed by atoms with E-state index >= 15 is 0 Å². The maximum absolute atomic E-state index is 12.7. The van der Waals surface area contributed by atoms with Crippen LogP contribution in [0, 0.1) is 18.3 Å². The Hall–Kier alpha value is -2.37. The van der Waals surface area contributed by atoms with Crippen LogP contribution in [0.4, 0.5) is 5.00 Å². The summed E-state index contributed by atoms with van der Waals surface area (Å²) < 4.78 is 30.3. The number of ether oxygens (including phenoxy) is 1. The van der Waals surface area contributed by atoms with Gasteiger partial charge in [-0.05, 0) is 31.5 Å². The molecule has 1 aromatic carbocycles. The Kier molecular flexibility index (Phi) is 5.26. The molecule has 1 aromatic heterocycles. The summed E-state index contributed by atoms with van der Waals surface area (Å²) in [6.45, 7) is 3.57. The molecule has 2 N–H and O–H groups in total. The first-order valence-corrected chi connectivity index (χ1v) is 9.54. The second kappa shape index (κ2) is 7.03. The van der Waals surface area contributed by atoms with Gasteiger partial charge in [0, 0.05) is 5.56 Å². The number of carbonyl (C=O) groups excluding carboxylic acids is 1. The maximum Gasteiger partial charge on any atom is 0.348 e. The third-order valence-electron chi connectivity index (χ3n) is 3.29. The number of carbonyl (C=O) groups is 1. The number of nitriles is 1. The topological polar surface area (TPSA) is 110 Å². The number of nitrogens with zero attached hydrogens (tertiary/aromatic N) is 1. The van der Waals surface area contributed by atoms with Gasteiger partial charge in [0.1, 0.15) is 15.9 Å². The lowest BCUT2D eigenvalue weighted by atomic mass is 10.2. The number of benzene rings is 1. The summed E-state index contributed by atoms with van der Waals surface area (Å²) in [6, 6.07) is 8.33. The fraction of sp³-hybridized carbons (Fsp3) is 0.250. The molecule has 2 rings (SSSR count). The van der Waals surface area contributed by atoms with Gasteiger partial charge in [0.15, 0.2) is 9.84 Å². The monoisotopic (exact) mass is 364 g/mol. The quantitative estimate of drug-likeness (QED) is 0.817. The predicted molar refractivity (Wildman–Crippen MR) is 91.5 cm³/mol. The number of thiophene rings is 1. The van der Waals surface area contributed by atoms with E-state index in [0.29, 0.717) is 0 Å². The Balaban J connectivity index is 2.52. The van der Waals surface area contributed by atoms with Crippen molar-refractivity contribution in [3.63, 3.8) is 0 Å². The van der Waals surface area contributed by atoms with Crippen molar-refractivity contribution in [3.05, 3.63) is 45.8 Å². The summed E-state index contributed by atoms with van der Waals surface area (Å²) in [5.41, 5.74) is 6.67. The third-order valence-corrected chi connectivity index (χ3v) is 5.97. The first-order chi connectivity index (χ1) is 11.3. The average molecular weight is 364 g/mol. The molecule has 0 aliphatic rings.